The van der Waals surface area contributed by atoms with E-state index in [-0.39, 0.29) is 19.1 Å². The molecular weight excluding hydrogens is 276 g/mol. The summed E-state index contributed by atoms with van der Waals surface area (Å²) >= 11 is 0. The molecule has 2 aliphatic rings. The molecule has 1 heterocycles. The molecule has 1 aliphatic heterocycles. The number of aliphatic carboxylic acids is 1. The Labute approximate surface area is 124 Å². The van der Waals surface area contributed by atoms with Gasteiger partial charge in [-0.1, -0.05) is 13.8 Å². The first kappa shape index (κ1) is 16.2. The zero-order chi connectivity index (χ0) is 16.0. The minimum absolute atomic E-state index is 0.0180. The largest absolute Gasteiger partial charge is 0.480 e. The van der Waals surface area contributed by atoms with E-state index in [4.69, 9.17) is 10.5 Å². The lowest BCUT2D eigenvalue weighted by molar-refractivity contribution is -0.181. The van der Waals surface area contributed by atoms with Crippen LogP contribution in [0.25, 0.3) is 0 Å². The van der Waals surface area contributed by atoms with Gasteiger partial charge in [0.1, 0.15) is 11.6 Å². The summed E-state index contributed by atoms with van der Waals surface area (Å²) < 4.78 is 5.58. The van der Waals surface area contributed by atoms with Gasteiger partial charge in [0.25, 0.3) is 0 Å². The highest BCUT2D eigenvalue weighted by Crippen LogP contribution is 2.51. The van der Waals surface area contributed by atoms with Gasteiger partial charge in [-0.25, -0.2) is 4.79 Å². The van der Waals surface area contributed by atoms with Crippen LogP contribution in [0.1, 0.15) is 33.6 Å². The molecule has 4 atom stereocenters. The molecule has 1 amide bonds. The number of ether oxygens (including phenoxy) is 1. The van der Waals surface area contributed by atoms with Crippen LogP contribution >= 0.6 is 0 Å². The van der Waals surface area contributed by atoms with Crippen LogP contribution in [0.5, 0.6) is 0 Å². The van der Waals surface area contributed by atoms with Crippen molar-refractivity contribution in [1.29, 1.82) is 0 Å². The summed E-state index contributed by atoms with van der Waals surface area (Å²) in [7, 11) is 0. The van der Waals surface area contributed by atoms with Crippen molar-refractivity contribution in [2.24, 2.45) is 11.1 Å². The summed E-state index contributed by atoms with van der Waals surface area (Å²) in [5.41, 5.74) is 4.57. The SMILES string of the molecule is CCOC1CC(N)(C(=O)N2C[C@@H](O)C[C@H]2C(=O)O)C1(C)C. The van der Waals surface area contributed by atoms with E-state index in [1.54, 1.807) is 0 Å². The third-order valence-electron chi connectivity index (χ3n) is 5.04. The van der Waals surface area contributed by atoms with Gasteiger partial charge in [0.2, 0.25) is 5.91 Å². The third-order valence-corrected chi connectivity index (χ3v) is 5.04. The molecule has 1 saturated carbocycles. The van der Waals surface area contributed by atoms with Gasteiger partial charge in [0, 0.05) is 31.4 Å². The normalized spacial score (nSPS) is 38.1. The predicted molar refractivity (Wildman–Crippen MR) is 74.5 cm³/mol. The van der Waals surface area contributed by atoms with Crippen LogP contribution in [0.15, 0.2) is 0 Å². The van der Waals surface area contributed by atoms with Crippen molar-refractivity contribution in [3.8, 4) is 0 Å². The Balaban J connectivity index is 2.18. The van der Waals surface area contributed by atoms with Crippen LogP contribution in [-0.2, 0) is 14.3 Å². The van der Waals surface area contributed by atoms with Gasteiger partial charge in [-0.3, -0.25) is 4.79 Å². The van der Waals surface area contributed by atoms with Crippen molar-refractivity contribution in [1.82, 2.24) is 4.90 Å². The molecule has 2 unspecified atom stereocenters. The van der Waals surface area contributed by atoms with Crippen LogP contribution in [-0.4, -0.2) is 63.9 Å². The lowest BCUT2D eigenvalue weighted by Gasteiger charge is -2.58. The van der Waals surface area contributed by atoms with Crippen LogP contribution in [0, 0.1) is 5.41 Å². The molecule has 7 heteroatoms. The van der Waals surface area contributed by atoms with E-state index in [9.17, 15) is 19.8 Å². The second-order valence-corrected chi connectivity index (χ2v) is 6.54. The molecule has 0 spiro atoms. The minimum atomic E-state index is -1.15. The lowest BCUT2D eigenvalue weighted by Crippen LogP contribution is -2.76. The van der Waals surface area contributed by atoms with Gasteiger partial charge >= 0.3 is 5.97 Å². The summed E-state index contributed by atoms with van der Waals surface area (Å²) in [5, 5.41) is 18.9. The van der Waals surface area contributed by atoms with E-state index in [1.807, 2.05) is 20.8 Å². The number of likely N-dealkylation sites (tertiary alicyclic amines) is 1. The fourth-order valence-electron chi connectivity index (χ4n) is 3.33. The molecule has 2 fully saturated rings. The minimum Gasteiger partial charge on any atom is -0.480 e. The number of carboxylic acids is 1. The van der Waals surface area contributed by atoms with E-state index in [2.05, 4.69) is 0 Å². The Morgan fingerprint density at radius 2 is 2.05 bits per heavy atom. The standard InChI is InChI=1S/C14H24N2O5/c1-4-21-10-6-14(15,13(10,2)3)12(20)16-7-8(17)5-9(16)11(18)19/h8-10,17H,4-7,15H2,1-3H3,(H,18,19)/t8-,9-,10?,14?/m0/s1. The molecule has 1 aliphatic carbocycles. The lowest BCUT2D eigenvalue weighted by atomic mass is 9.54. The Morgan fingerprint density at radius 1 is 1.43 bits per heavy atom. The number of carbonyl (C=O) groups excluding carboxylic acids is 1. The van der Waals surface area contributed by atoms with E-state index in [1.165, 1.54) is 4.90 Å². The molecule has 120 valence electrons. The van der Waals surface area contributed by atoms with Gasteiger partial charge in [-0.15, -0.1) is 0 Å². The fraction of sp³-hybridized carbons (Fsp3) is 0.857. The second kappa shape index (κ2) is 5.23. The van der Waals surface area contributed by atoms with Crippen molar-refractivity contribution >= 4 is 11.9 Å². The van der Waals surface area contributed by atoms with Gasteiger partial charge in [0.15, 0.2) is 0 Å². The Hall–Kier alpha value is -1.18. The highest BCUT2D eigenvalue weighted by atomic mass is 16.5. The molecular formula is C14H24N2O5. The number of carboxylic acid groups (broad SMARTS) is 1. The van der Waals surface area contributed by atoms with Gasteiger partial charge in [0.05, 0.1) is 12.2 Å². The molecule has 0 radical (unpaired) electrons. The third kappa shape index (κ3) is 2.33. The number of aliphatic hydroxyl groups excluding tert-OH is 1. The van der Waals surface area contributed by atoms with E-state index < -0.39 is 35.0 Å². The molecule has 21 heavy (non-hydrogen) atoms. The van der Waals surface area contributed by atoms with E-state index >= 15 is 0 Å². The molecule has 0 bridgehead atoms. The van der Waals surface area contributed by atoms with E-state index in [0.29, 0.717) is 13.0 Å². The monoisotopic (exact) mass is 300 g/mol. The molecule has 4 N–H and O–H groups in total. The van der Waals surface area contributed by atoms with Crippen molar-refractivity contribution in [3.63, 3.8) is 0 Å². The number of rotatable bonds is 4. The first-order chi connectivity index (χ1) is 9.65. The molecule has 0 aromatic rings. The number of β-amino-alcohol motifs (C(OH)–C–C–N with tert-alkyl or cyclic N) is 1. The maximum Gasteiger partial charge on any atom is 0.326 e. The van der Waals surface area contributed by atoms with Crippen LogP contribution in [0.4, 0.5) is 0 Å². The molecule has 2 rings (SSSR count). The summed E-state index contributed by atoms with van der Waals surface area (Å²) in [6.07, 6.45) is -0.519. The van der Waals surface area contributed by atoms with E-state index in [0.717, 1.165) is 0 Å². The number of nitrogens with two attached hydrogens (primary N) is 1. The van der Waals surface area contributed by atoms with Gasteiger partial charge in [-0.05, 0) is 6.92 Å². The Morgan fingerprint density at radius 3 is 2.52 bits per heavy atom. The highest BCUT2D eigenvalue weighted by Gasteiger charge is 2.64. The summed E-state index contributed by atoms with van der Waals surface area (Å²) in [5.74, 6) is -1.52. The maximum absolute atomic E-state index is 12.7. The van der Waals surface area contributed by atoms with Crippen molar-refractivity contribution in [2.45, 2.75) is 57.4 Å². The molecule has 1 saturated heterocycles. The second-order valence-electron chi connectivity index (χ2n) is 6.54. The number of carbonyl (C=O) groups is 2. The van der Waals surface area contributed by atoms with Gasteiger partial charge < -0.3 is 25.6 Å². The van der Waals surface area contributed by atoms with Crippen molar-refractivity contribution in [2.75, 3.05) is 13.2 Å². The van der Waals surface area contributed by atoms with Crippen LogP contribution in [0.2, 0.25) is 0 Å². The Kier molecular flexibility index (Phi) is 4.03. The zero-order valence-electron chi connectivity index (χ0n) is 12.7. The maximum atomic E-state index is 12.7. The molecule has 7 nitrogen and oxygen atoms in total. The first-order valence-electron chi connectivity index (χ1n) is 7.27. The number of hydrogen-bond donors (Lipinski definition) is 3. The topological polar surface area (TPSA) is 113 Å². The summed E-state index contributed by atoms with van der Waals surface area (Å²) in [6.45, 7) is 6.16. The van der Waals surface area contributed by atoms with Crippen molar-refractivity contribution < 1.29 is 24.5 Å². The first-order valence-corrected chi connectivity index (χ1v) is 7.27. The zero-order valence-corrected chi connectivity index (χ0v) is 12.7. The van der Waals surface area contributed by atoms with Crippen LogP contribution < -0.4 is 5.73 Å². The van der Waals surface area contributed by atoms with Gasteiger partial charge in [-0.2, -0.15) is 0 Å². The predicted octanol–water partition coefficient (Wildman–Crippen LogP) is -0.435. The van der Waals surface area contributed by atoms with Crippen LogP contribution in [0.3, 0.4) is 0 Å². The number of nitrogens with zero attached hydrogens (tertiary/aromatic N) is 1. The Bertz CT molecular complexity index is 453. The average Bonchev–Trinajstić information content (AvgIpc) is 2.79. The van der Waals surface area contributed by atoms with Crippen molar-refractivity contribution in [3.05, 3.63) is 0 Å². The number of hydrogen-bond acceptors (Lipinski definition) is 5. The number of aliphatic hydroxyl groups is 1. The summed E-state index contributed by atoms with van der Waals surface area (Å²) in [6, 6.07) is -1.00. The molecule has 0 aromatic carbocycles. The molecule has 0 aromatic heterocycles. The quantitative estimate of drug-likeness (QED) is 0.649. The number of amides is 1. The fourth-order valence-corrected chi connectivity index (χ4v) is 3.33. The average molecular weight is 300 g/mol. The highest BCUT2D eigenvalue weighted by molar-refractivity contribution is 5.92. The summed E-state index contributed by atoms with van der Waals surface area (Å²) in [4.78, 5) is 25.2. The smallest absolute Gasteiger partial charge is 0.326 e.